The third-order valence-corrected chi connectivity index (χ3v) is 12.5. The first kappa shape index (κ1) is 35.0. The Morgan fingerprint density at radius 1 is 0.197 bits per heavy atom. The number of furan rings is 1. The molecule has 1 heterocycles. The van der Waals surface area contributed by atoms with Gasteiger partial charge in [0.1, 0.15) is 11.2 Å². The van der Waals surface area contributed by atoms with E-state index < -0.39 is 0 Å². The minimum atomic E-state index is 0.915. The van der Waals surface area contributed by atoms with Crippen LogP contribution in [0, 0.1) is 0 Å². The minimum Gasteiger partial charge on any atom is -0.455 e. The van der Waals surface area contributed by atoms with Crippen LogP contribution in [0.4, 0.5) is 0 Å². The van der Waals surface area contributed by atoms with Gasteiger partial charge in [0, 0.05) is 16.3 Å². The van der Waals surface area contributed by atoms with Gasteiger partial charge in [-0.15, -0.1) is 0 Å². The van der Waals surface area contributed by atoms with Crippen LogP contribution in [0.5, 0.6) is 0 Å². The summed E-state index contributed by atoms with van der Waals surface area (Å²) in [5.74, 6) is 0. The van der Waals surface area contributed by atoms with Gasteiger partial charge in [0.25, 0.3) is 0 Å². The van der Waals surface area contributed by atoms with Crippen LogP contribution in [0.15, 0.2) is 235 Å². The Hall–Kier alpha value is -8.00. The monoisotopic (exact) mass is 774 g/mol. The lowest BCUT2D eigenvalue weighted by Crippen LogP contribution is -1.86. The first-order valence-electron chi connectivity index (χ1n) is 21.0. The zero-order valence-corrected chi connectivity index (χ0v) is 33.3. The molecule has 12 aromatic rings. The molecule has 11 aromatic carbocycles. The average molecular weight is 775 g/mol. The Kier molecular flexibility index (Phi) is 8.25. The second-order valence-electron chi connectivity index (χ2n) is 16.0. The van der Waals surface area contributed by atoms with E-state index in [4.69, 9.17) is 4.42 Å². The van der Waals surface area contributed by atoms with Crippen LogP contribution >= 0.6 is 0 Å². The molecular formula is C60H38O. The van der Waals surface area contributed by atoms with Gasteiger partial charge in [-0.1, -0.05) is 194 Å². The number of fused-ring (bicyclic) bond motifs is 9. The lowest BCUT2D eigenvalue weighted by Gasteiger charge is -2.13. The highest BCUT2D eigenvalue weighted by Crippen LogP contribution is 2.40. The van der Waals surface area contributed by atoms with Gasteiger partial charge in [0.05, 0.1) is 0 Å². The maximum atomic E-state index is 6.39. The van der Waals surface area contributed by atoms with Crippen LogP contribution in [0.1, 0.15) is 0 Å². The van der Waals surface area contributed by atoms with Crippen molar-refractivity contribution < 1.29 is 4.42 Å². The zero-order valence-electron chi connectivity index (χ0n) is 33.3. The van der Waals surface area contributed by atoms with Crippen LogP contribution in [0.25, 0.3) is 121 Å². The Labute approximate surface area is 354 Å². The summed E-state index contributed by atoms with van der Waals surface area (Å²) in [6, 6.07) is 83.7. The summed E-state index contributed by atoms with van der Waals surface area (Å²) in [6.07, 6.45) is 0. The fourth-order valence-electron chi connectivity index (χ4n) is 9.42. The molecule has 0 saturated carbocycles. The SMILES string of the molecule is c1cc(-c2ccc(-c3cccc(-c4ccc5c6ccccc6c6ccccc6c5c4)c3)cc2)cc(-c2cccc(-c3cccc(-c4cccc5c4oc4ccccc45)c3)c2)c1. The highest BCUT2D eigenvalue weighted by Gasteiger charge is 2.14. The maximum absolute atomic E-state index is 6.39. The predicted octanol–water partition coefficient (Wildman–Crippen LogP) is 17.0. The van der Waals surface area contributed by atoms with E-state index in [9.17, 15) is 0 Å². The number of hydrogen-bond acceptors (Lipinski definition) is 1. The van der Waals surface area contributed by atoms with Crippen molar-refractivity contribution in [2.45, 2.75) is 0 Å². The molecule has 0 radical (unpaired) electrons. The predicted molar refractivity (Wildman–Crippen MR) is 259 cm³/mol. The summed E-state index contributed by atoms with van der Waals surface area (Å²) in [7, 11) is 0. The average Bonchev–Trinajstić information content (AvgIpc) is 3.73. The van der Waals surface area contributed by atoms with Crippen LogP contribution in [-0.4, -0.2) is 0 Å². The van der Waals surface area contributed by atoms with Crippen LogP contribution in [0.2, 0.25) is 0 Å². The molecule has 0 fully saturated rings. The van der Waals surface area contributed by atoms with E-state index in [1.807, 2.05) is 12.1 Å². The van der Waals surface area contributed by atoms with E-state index in [1.54, 1.807) is 0 Å². The van der Waals surface area contributed by atoms with E-state index in [1.165, 1.54) is 88.0 Å². The topological polar surface area (TPSA) is 13.1 Å². The molecule has 0 amide bonds. The molecule has 0 saturated heterocycles. The van der Waals surface area contributed by atoms with Crippen LogP contribution < -0.4 is 0 Å². The third-order valence-electron chi connectivity index (χ3n) is 12.5. The molecule has 0 aliphatic heterocycles. The molecule has 0 unspecified atom stereocenters. The highest BCUT2D eigenvalue weighted by atomic mass is 16.3. The zero-order chi connectivity index (χ0) is 40.3. The first-order valence-corrected chi connectivity index (χ1v) is 21.0. The molecule has 284 valence electrons. The molecule has 12 rings (SSSR count). The standard InChI is InChI=1S/C60H38O/c1-2-22-53-51(20-1)52-21-3-4-23-54(52)58-38-48(32-33-55(53)58)46-17-8-13-42(35-46)40-30-28-39(29-31-40)41-12-7-14-43(34-41)44-15-9-16-45(36-44)47-18-10-19-49(37-47)50-25-11-26-57-56-24-5-6-27-59(56)61-60(50)57/h1-38H. The molecule has 61 heavy (non-hydrogen) atoms. The van der Waals surface area contributed by atoms with E-state index in [2.05, 4.69) is 218 Å². The summed E-state index contributed by atoms with van der Waals surface area (Å²) < 4.78 is 6.39. The van der Waals surface area contributed by atoms with Gasteiger partial charge in [0.2, 0.25) is 0 Å². The van der Waals surface area contributed by atoms with E-state index >= 15 is 0 Å². The molecule has 0 N–H and O–H groups in total. The Bertz CT molecular complexity index is 3610. The summed E-state index contributed by atoms with van der Waals surface area (Å²) in [5.41, 5.74) is 16.0. The smallest absolute Gasteiger partial charge is 0.143 e. The largest absolute Gasteiger partial charge is 0.455 e. The van der Waals surface area contributed by atoms with Gasteiger partial charge >= 0.3 is 0 Å². The summed E-state index contributed by atoms with van der Waals surface area (Å²) in [5, 5.41) is 10.1. The molecule has 0 aliphatic rings. The van der Waals surface area contributed by atoms with Gasteiger partial charge in [0.15, 0.2) is 0 Å². The second-order valence-corrected chi connectivity index (χ2v) is 16.0. The lowest BCUT2D eigenvalue weighted by atomic mass is 9.91. The number of para-hydroxylation sites is 2. The van der Waals surface area contributed by atoms with Crippen molar-refractivity contribution in [2.75, 3.05) is 0 Å². The summed E-state index contributed by atoms with van der Waals surface area (Å²) in [6.45, 7) is 0. The lowest BCUT2D eigenvalue weighted by molar-refractivity contribution is 0.670. The quantitative estimate of drug-likeness (QED) is 0.153. The van der Waals surface area contributed by atoms with Gasteiger partial charge in [-0.05, 0) is 130 Å². The van der Waals surface area contributed by atoms with Crippen molar-refractivity contribution in [1.82, 2.24) is 0 Å². The Balaban J connectivity index is 0.827. The Morgan fingerprint density at radius 2 is 0.541 bits per heavy atom. The Morgan fingerprint density at radius 3 is 1.07 bits per heavy atom. The summed E-state index contributed by atoms with van der Waals surface area (Å²) >= 11 is 0. The van der Waals surface area contributed by atoms with Gasteiger partial charge in [-0.3, -0.25) is 0 Å². The molecule has 1 nitrogen and oxygen atoms in total. The first-order chi connectivity index (χ1) is 30.2. The van der Waals surface area contributed by atoms with Crippen molar-refractivity contribution in [3.05, 3.63) is 231 Å². The van der Waals surface area contributed by atoms with E-state index in [-0.39, 0.29) is 0 Å². The fourth-order valence-corrected chi connectivity index (χ4v) is 9.42. The van der Waals surface area contributed by atoms with Gasteiger partial charge in [-0.25, -0.2) is 0 Å². The molecule has 1 heteroatoms. The van der Waals surface area contributed by atoms with Crippen molar-refractivity contribution >= 4 is 54.3 Å². The van der Waals surface area contributed by atoms with Crippen molar-refractivity contribution in [3.8, 4) is 66.8 Å². The molecule has 0 spiro atoms. The maximum Gasteiger partial charge on any atom is 0.143 e. The third kappa shape index (κ3) is 6.10. The van der Waals surface area contributed by atoms with Crippen molar-refractivity contribution in [2.24, 2.45) is 0 Å². The van der Waals surface area contributed by atoms with E-state index in [0.29, 0.717) is 0 Å². The van der Waals surface area contributed by atoms with Gasteiger partial charge in [-0.2, -0.15) is 0 Å². The molecular weight excluding hydrogens is 737 g/mol. The van der Waals surface area contributed by atoms with Crippen molar-refractivity contribution in [3.63, 3.8) is 0 Å². The highest BCUT2D eigenvalue weighted by molar-refractivity contribution is 6.25. The summed E-state index contributed by atoms with van der Waals surface area (Å²) in [4.78, 5) is 0. The van der Waals surface area contributed by atoms with Crippen molar-refractivity contribution in [1.29, 1.82) is 0 Å². The normalized spacial score (nSPS) is 11.6. The fraction of sp³-hybridized carbons (Fsp3) is 0. The molecule has 0 atom stereocenters. The van der Waals surface area contributed by atoms with Gasteiger partial charge < -0.3 is 4.42 Å². The molecule has 0 aliphatic carbocycles. The molecule has 1 aromatic heterocycles. The molecule has 0 bridgehead atoms. The number of hydrogen-bond donors (Lipinski definition) is 0. The van der Waals surface area contributed by atoms with E-state index in [0.717, 1.165) is 33.1 Å². The van der Waals surface area contributed by atoms with Crippen LogP contribution in [0.3, 0.4) is 0 Å². The van der Waals surface area contributed by atoms with Crippen LogP contribution in [-0.2, 0) is 0 Å². The second kappa shape index (κ2) is 14.4. The minimum absolute atomic E-state index is 0.915. The number of rotatable bonds is 6. The number of benzene rings is 11.